The highest BCUT2D eigenvalue weighted by Crippen LogP contribution is 2.36. The largest absolute Gasteiger partial charge is 0.361 e. The van der Waals surface area contributed by atoms with E-state index >= 15 is 0 Å². The molecule has 0 atom stereocenters. The molecule has 2 heterocycles. The number of anilines is 1. The van der Waals surface area contributed by atoms with Gasteiger partial charge < -0.3 is 9.88 Å². The molecule has 0 saturated carbocycles. The summed E-state index contributed by atoms with van der Waals surface area (Å²) in [6, 6.07) is 11.3. The van der Waals surface area contributed by atoms with Crippen molar-refractivity contribution in [1.29, 1.82) is 0 Å². The van der Waals surface area contributed by atoms with Crippen molar-refractivity contribution in [2.75, 3.05) is 5.32 Å². The molecule has 2 aromatic carbocycles. The van der Waals surface area contributed by atoms with Gasteiger partial charge in [-0.25, -0.2) is 9.37 Å². The Balaban J connectivity index is 1.77. The van der Waals surface area contributed by atoms with Crippen LogP contribution in [0.5, 0.6) is 0 Å². The molecule has 126 valence electrons. The Hall–Kier alpha value is -2.86. The molecule has 25 heavy (non-hydrogen) atoms. The third-order valence-corrected chi connectivity index (χ3v) is 4.53. The van der Waals surface area contributed by atoms with E-state index in [1.807, 2.05) is 54.2 Å². The van der Waals surface area contributed by atoms with Crippen molar-refractivity contribution in [3.05, 3.63) is 65.5 Å². The lowest BCUT2D eigenvalue weighted by Gasteiger charge is -2.08. The number of hydrogen-bond acceptors (Lipinski definition) is 3. The van der Waals surface area contributed by atoms with Gasteiger partial charge in [-0.1, -0.05) is 41.9 Å². The van der Waals surface area contributed by atoms with Crippen LogP contribution in [0.25, 0.3) is 22.0 Å². The summed E-state index contributed by atoms with van der Waals surface area (Å²) in [6.45, 7) is 0.481. The molecule has 2 aromatic heterocycles. The van der Waals surface area contributed by atoms with Crippen LogP contribution >= 0.6 is 11.6 Å². The molecular weight excluding hydrogens is 341 g/mol. The highest BCUT2D eigenvalue weighted by molar-refractivity contribution is 6.34. The van der Waals surface area contributed by atoms with Gasteiger partial charge in [0.2, 0.25) is 0 Å². The molecule has 0 amide bonds. The van der Waals surface area contributed by atoms with E-state index in [2.05, 4.69) is 20.5 Å². The Bertz CT molecular complexity index is 1040. The summed E-state index contributed by atoms with van der Waals surface area (Å²) in [5.41, 5.74) is 1.77. The Morgan fingerprint density at radius 3 is 2.80 bits per heavy atom. The number of H-pyrrole nitrogens is 1. The SMILES string of the molecule is Cn1ccnc1CNc1n[nH]c2c(F)c(Cl)c(-c3ccccc3)cc12. The molecule has 0 aliphatic heterocycles. The fourth-order valence-corrected chi connectivity index (χ4v) is 3.04. The van der Waals surface area contributed by atoms with Crippen molar-refractivity contribution < 1.29 is 4.39 Å². The van der Waals surface area contributed by atoms with Gasteiger partial charge in [-0.3, -0.25) is 5.10 Å². The first-order valence-corrected chi connectivity index (χ1v) is 8.14. The molecule has 0 spiro atoms. The van der Waals surface area contributed by atoms with Crippen molar-refractivity contribution in [3.8, 4) is 11.1 Å². The van der Waals surface area contributed by atoms with Crippen LogP contribution in [-0.2, 0) is 13.6 Å². The molecular formula is C18H15ClFN5. The van der Waals surface area contributed by atoms with Gasteiger partial charge in [-0.2, -0.15) is 5.10 Å². The average Bonchev–Trinajstić information content (AvgIpc) is 3.23. The van der Waals surface area contributed by atoms with Gasteiger partial charge in [0.05, 0.1) is 11.6 Å². The van der Waals surface area contributed by atoms with Crippen LogP contribution < -0.4 is 5.32 Å². The maximum Gasteiger partial charge on any atom is 0.168 e. The van der Waals surface area contributed by atoms with Crippen molar-refractivity contribution in [3.63, 3.8) is 0 Å². The van der Waals surface area contributed by atoms with Crippen LogP contribution in [-0.4, -0.2) is 19.7 Å². The van der Waals surface area contributed by atoms with E-state index in [0.717, 1.165) is 11.4 Å². The standard InChI is InChI=1S/C18H15ClFN5/c1-25-8-7-21-14(25)10-22-18-13-9-12(11-5-3-2-4-6-11)15(19)16(20)17(13)23-24-18/h2-9H,10H2,1H3,(H2,22,23,24). The van der Waals surface area contributed by atoms with E-state index < -0.39 is 5.82 Å². The van der Waals surface area contributed by atoms with Gasteiger partial charge in [-0.15, -0.1) is 0 Å². The number of fused-ring (bicyclic) bond motifs is 1. The second-order valence-corrected chi connectivity index (χ2v) is 6.10. The van der Waals surface area contributed by atoms with Crippen LogP contribution in [0.4, 0.5) is 10.2 Å². The van der Waals surface area contributed by atoms with E-state index in [1.165, 1.54) is 0 Å². The van der Waals surface area contributed by atoms with Gasteiger partial charge in [-0.05, 0) is 11.6 Å². The second-order valence-electron chi connectivity index (χ2n) is 5.72. The Morgan fingerprint density at radius 2 is 2.08 bits per heavy atom. The number of aromatic amines is 1. The number of rotatable bonds is 4. The second kappa shape index (κ2) is 6.22. The Labute approximate surface area is 148 Å². The predicted molar refractivity (Wildman–Crippen MR) is 97.0 cm³/mol. The molecule has 4 aromatic rings. The van der Waals surface area contributed by atoms with Gasteiger partial charge in [0.15, 0.2) is 11.6 Å². The van der Waals surface area contributed by atoms with Gasteiger partial charge in [0.1, 0.15) is 11.3 Å². The Morgan fingerprint density at radius 1 is 1.28 bits per heavy atom. The minimum absolute atomic E-state index is 0.0815. The minimum Gasteiger partial charge on any atom is -0.361 e. The Kier molecular flexibility index (Phi) is 3.89. The number of halogens is 2. The lowest BCUT2D eigenvalue weighted by atomic mass is 10.0. The number of imidazole rings is 1. The molecule has 0 aliphatic carbocycles. The van der Waals surface area contributed by atoms with Gasteiger partial charge in [0, 0.05) is 30.4 Å². The van der Waals surface area contributed by atoms with Crippen LogP contribution in [0.1, 0.15) is 5.82 Å². The maximum absolute atomic E-state index is 14.7. The molecule has 0 bridgehead atoms. The predicted octanol–water partition coefficient (Wildman–Crippen LogP) is 4.37. The van der Waals surface area contributed by atoms with Crippen molar-refractivity contribution >= 4 is 28.3 Å². The summed E-state index contributed by atoms with van der Waals surface area (Å²) in [4.78, 5) is 4.26. The number of aryl methyl sites for hydroxylation is 1. The fraction of sp³-hybridized carbons (Fsp3) is 0.111. The van der Waals surface area contributed by atoms with E-state index in [4.69, 9.17) is 11.6 Å². The average molecular weight is 356 g/mol. The fourth-order valence-electron chi connectivity index (χ4n) is 2.79. The van der Waals surface area contributed by atoms with E-state index in [0.29, 0.717) is 23.3 Å². The molecule has 4 rings (SSSR count). The molecule has 7 heteroatoms. The third-order valence-electron chi connectivity index (χ3n) is 4.16. The summed E-state index contributed by atoms with van der Waals surface area (Å²) in [5, 5.41) is 10.8. The monoisotopic (exact) mass is 355 g/mol. The molecule has 2 N–H and O–H groups in total. The first kappa shape index (κ1) is 15.7. The smallest absolute Gasteiger partial charge is 0.168 e. The first-order chi connectivity index (χ1) is 12.1. The zero-order valence-electron chi connectivity index (χ0n) is 13.4. The minimum atomic E-state index is -0.504. The van der Waals surface area contributed by atoms with E-state index in [9.17, 15) is 4.39 Å². The molecule has 0 unspecified atom stereocenters. The topological polar surface area (TPSA) is 58.5 Å². The quantitative estimate of drug-likeness (QED) is 0.571. The summed E-state index contributed by atoms with van der Waals surface area (Å²) in [7, 11) is 1.92. The number of nitrogens with one attached hydrogen (secondary N) is 2. The van der Waals surface area contributed by atoms with Crippen molar-refractivity contribution in [1.82, 2.24) is 19.7 Å². The van der Waals surface area contributed by atoms with Gasteiger partial charge >= 0.3 is 0 Å². The molecule has 0 saturated heterocycles. The molecule has 5 nitrogen and oxygen atoms in total. The molecule has 0 fully saturated rings. The van der Waals surface area contributed by atoms with Crippen LogP contribution in [0.3, 0.4) is 0 Å². The number of hydrogen-bond donors (Lipinski definition) is 2. The number of aromatic nitrogens is 4. The summed E-state index contributed by atoms with van der Waals surface area (Å²) in [6.07, 6.45) is 3.60. The van der Waals surface area contributed by atoms with Gasteiger partial charge in [0.25, 0.3) is 0 Å². The lowest BCUT2D eigenvalue weighted by Crippen LogP contribution is -2.06. The zero-order chi connectivity index (χ0) is 17.4. The molecule has 0 radical (unpaired) electrons. The number of benzene rings is 2. The van der Waals surface area contributed by atoms with Crippen molar-refractivity contribution in [2.45, 2.75) is 6.54 Å². The highest BCUT2D eigenvalue weighted by atomic mass is 35.5. The van der Waals surface area contributed by atoms with Crippen LogP contribution in [0.2, 0.25) is 5.02 Å². The first-order valence-electron chi connectivity index (χ1n) is 7.76. The number of nitrogens with zero attached hydrogens (tertiary/aromatic N) is 3. The summed E-state index contributed by atoms with van der Waals surface area (Å²) in [5.74, 6) is 0.912. The zero-order valence-corrected chi connectivity index (χ0v) is 14.2. The maximum atomic E-state index is 14.7. The van der Waals surface area contributed by atoms with E-state index in [1.54, 1.807) is 6.20 Å². The summed E-state index contributed by atoms with van der Waals surface area (Å²) < 4.78 is 16.6. The van der Waals surface area contributed by atoms with Crippen LogP contribution in [0, 0.1) is 5.82 Å². The molecule has 0 aliphatic rings. The normalized spacial score (nSPS) is 11.2. The van der Waals surface area contributed by atoms with Crippen LogP contribution in [0.15, 0.2) is 48.8 Å². The lowest BCUT2D eigenvalue weighted by molar-refractivity contribution is 0.637. The third kappa shape index (κ3) is 2.74. The van der Waals surface area contributed by atoms with Crippen molar-refractivity contribution in [2.24, 2.45) is 7.05 Å². The highest BCUT2D eigenvalue weighted by Gasteiger charge is 2.18. The van der Waals surface area contributed by atoms with E-state index in [-0.39, 0.29) is 10.5 Å². The summed E-state index contributed by atoms with van der Waals surface area (Å²) >= 11 is 6.24.